The van der Waals surface area contributed by atoms with Crippen LogP contribution in [0.15, 0.2) is 38.9 Å². The second-order valence-corrected chi connectivity index (χ2v) is 5.92. The van der Waals surface area contributed by atoms with Gasteiger partial charge in [-0.3, -0.25) is 4.99 Å². The zero-order valence-corrected chi connectivity index (χ0v) is 13.9. The minimum Gasteiger partial charge on any atom is -0.435 e. The Bertz CT molecular complexity index is 775. The molecule has 2 atom stereocenters. The Balaban J connectivity index is 2.67. The highest BCUT2D eigenvalue weighted by Gasteiger charge is 2.36. The smallest absolute Gasteiger partial charge is 0.387 e. The van der Waals surface area contributed by atoms with Crippen LogP contribution in [-0.4, -0.2) is 12.3 Å². The van der Waals surface area contributed by atoms with Crippen LogP contribution in [0.5, 0.6) is 5.75 Å². The van der Waals surface area contributed by atoms with E-state index in [-0.39, 0.29) is 11.3 Å². The number of benzene rings is 1. The van der Waals surface area contributed by atoms with E-state index < -0.39 is 18.4 Å². The van der Waals surface area contributed by atoms with Gasteiger partial charge in [0.15, 0.2) is 0 Å². The Kier molecular flexibility index (Phi) is 5.12. The van der Waals surface area contributed by atoms with E-state index in [1.165, 1.54) is 6.07 Å². The van der Waals surface area contributed by atoms with Crippen molar-refractivity contribution >= 4 is 21.6 Å². The van der Waals surface area contributed by atoms with Crippen LogP contribution in [0.3, 0.4) is 0 Å². The van der Waals surface area contributed by atoms with Crippen LogP contribution >= 0.6 is 15.9 Å². The van der Waals surface area contributed by atoms with Gasteiger partial charge in [0, 0.05) is 21.7 Å². The second-order valence-electron chi connectivity index (χ2n) is 5.01. The van der Waals surface area contributed by atoms with Gasteiger partial charge in [0.2, 0.25) is 0 Å². The molecule has 0 fully saturated rings. The Morgan fingerprint density at radius 2 is 2.00 bits per heavy atom. The summed E-state index contributed by atoms with van der Waals surface area (Å²) in [5, 5.41) is 18.9. The van der Waals surface area contributed by atoms with E-state index in [1.807, 2.05) is 0 Å². The van der Waals surface area contributed by atoms with Crippen LogP contribution in [0.4, 0.5) is 8.78 Å². The molecule has 4 nitrogen and oxygen atoms in total. The summed E-state index contributed by atoms with van der Waals surface area (Å²) in [6.07, 6.45) is 0. The number of hydrogen-bond donors (Lipinski definition) is 0. The average molecular weight is 380 g/mol. The number of halogens is 3. The van der Waals surface area contributed by atoms with Crippen molar-refractivity contribution in [2.45, 2.75) is 26.4 Å². The maximum atomic E-state index is 12.7. The van der Waals surface area contributed by atoms with Gasteiger partial charge < -0.3 is 4.74 Å². The molecule has 2 rings (SSSR count). The first kappa shape index (κ1) is 17.1. The van der Waals surface area contributed by atoms with Crippen LogP contribution in [0.25, 0.3) is 0 Å². The van der Waals surface area contributed by atoms with Crippen LogP contribution in [-0.2, 0) is 0 Å². The van der Waals surface area contributed by atoms with Crippen molar-refractivity contribution in [3.63, 3.8) is 0 Å². The first-order valence-electron chi connectivity index (χ1n) is 6.69. The Morgan fingerprint density at radius 3 is 2.57 bits per heavy atom. The number of hydrogen-bond acceptors (Lipinski definition) is 4. The van der Waals surface area contributed by atoms with Crippen LogP contribution in [0.2, 0.25) is 0 Å². The van der Waals surface area contributed by atoms with Gasteiger partial charge in [-0.1, -0.05) is 15.9 Å². The van der Waals surface area contributed by atoms with E-state index in [9.17, 15) is 19.3 Å². The highest BCUT2D eigenvalue weighted by molar-refractivity contribution is 9.10. The Hall–Kier alpha value is -2.25. The number of ether oxygens (including phenoxy) is 1. The Labute approximate surface area is 140 Å². The summed E-state index contributed by atoms with van der Waals surface area (Å²) < 4.78 is 30.6. The van der Waals surface area contributed by atoms with E-state index in [2.05, 4.69) is 37.8 Å². The minimum atomic E-state index is -3.00. The lowest BCUT2D eigenvalue weighted by atomic mass is 9.76. The Morgan fingerprint density at radius 1 is 1.30 bits per heavy atom. The molecule has 0 amide bonds. The van der Waals surface area contributed by atoms with E-state index in [0.717, 1.165) is 0 Å². The maximum Gasteiger partial charge on any atom is 0.387 e. The van der Waals surface area contributed by atoms with Gasteiger partial charge >= 0.3 is 6.61 Å². The summed E-state index contributed by atoms with van der Waals surface area (Å²) in [5.74, 6) is -1.47. The monoisotopic (exact) mass is 379 g/mol. The lowest BCUT2D eigenvalue weighted by molar-refractivity contribution is -0.0506. The van der Waals surface area contributed by atoms with Crippen LogP contribution in [0.1, 0.15) is 25.3 Å². The molecule has 0 radical (unpaired) electrons. The molecule has 0 aliphatic carbocycles. The fourth-order valence-corrected chi connectivity index (χ4v) is 3.03. The van der Waals surface area contributed by atoms with Crippen molar-refractivity contribution in [2.24, 2.45) is 10.9 Å². The molecule has 1 aliphatic heterocycles. The molecule has 0 bridgehead atoms. The fraction of sp³-hybridized carbons (Fsp3) is 0.312. The van der Waals surface area contributed by atoms with Crippen LogP contribution in [0, 0.1) is 28.6 Å². The van der Waals surface area contributed by atoms with Crippen molar-refractivity contribution in [3.05, 3.63) is 39.5 Å². The zero-order chi connectivity index (χ0) is 17.1. The predicted octanol–water partition coefficient (Wildman–Crippen LogP) is 4.55. The van der Waals surface area contributed by atoms with Crippen molar-refractivity contribution in [1.29, 1.82) is 10.5 Å². The normalized spacial score (nSPS) is 20.8. The fourth-order valence-electron chi connectivity index (χ4n) is 2.65. The first-order chi connectivity index (χ1) is 10.9. The molecule has 23 heavy (non-hydrogen) atoms. The molecule has 1 heterocycles. The lowest BCUT2D eigenvalue weighted by Gasteiger charge is -2.28. The number of aliphatic imine (C=N–C) groups is 1. The molecular weight excluding hydrogens is 368 g/mol. The molecule has 1 aromatic carbocycles. The summed E-state index contributed by atoms with van der Waals surface area (Å²) in [6, 6.07) is 8.71. The molecule has 1 aromatic rings. The SMILES string of the molecule is CC1=NC(C)=C(C#N)[C@@H](c2cc(Br)ccc2OC(F)F)C1C#N. The summed E-state index contributed by atoms with van der Waals surface area (Å²) in [7, 11) is 0. The molecule has 118 valence electrons. The van der Waals surface area contributed by atoms with Gasteiger partial charge in [-0.25, -0.2) is 0 Å². The molecule has 0 N–H and O–H groups in total. The third kappa shape index (κ3) is 3.40. The molecule has 0 aromatic heterocycles. The number of allylic oxidation sites excluding steroid dienone is 2. The van der Waals surface area contributed by atoms with Crippen LogP contribution < -0.4 is 4.74 Å². The minimum absolute atomic E-state index is 0.0521. The standard InChI is InChI=1S/C16H12BrF2N3O/c1-8-12(6-20)15(13(7-21)9(2)22-8)11-5-10(17)3-4-14(11)23-16(18)19/h3-5,12,15-16H,1-2H3/t12?,15-/m0/s1. The van der Waals surface area contributed by atoms with Gasteiger partial charge in [-0.05, 0) is 32.0 Å². The third-order valence-corrected chi connectivity index (χ3v) is 4.10. The van der Waals surface area contributed by atoms with Crippen molar-refractivity contribution in [1.82, 2.24) is 0 Å². The highest BCUT2D eigenvalue weighted by atomic mass is 79.9. The van der Waals surface area contributed by atoms with Gasteiger partial charge in [0.25, 0.3) is 0 Å². The highest BCUT2D eigenvalue weighted by Crippen LogP contribution is 2.43. The van der Waals surface area contributed by atoms with E-state index in [4.69, 9.17) is 0 Å². The molecule has 1 aliphatic rings. The largest absolute Gasteiger partial charge is 0.435 e. The number of alkyl halides is 2. The second kappa shape index (κ2) is 6.89. The van der Waals surface area contributed by atoms with E-state index in [1.54, 1.807) is 26.0 Å². The van der Waals surface area contributed by atoms with Crippen molar-refractivity contribution in [2.75, 3.05) is 0 Å². The van der Waals surface area contributed by atoms with Gasteiger partial charge in [-0.15, -0.1) is 0 Å². The number of rotatable bonds is 3. The summed E-state index contributed by atoms with van der Waals surface area (Å²) in [5.41, 5.74) is 1.65. The molecule has 0 saturated heterocycles. The maximum absolute atomic E-state index is 12.7. The molecule has 0 spiro atoms. The number of nitrogens with zero attached hydrogens (tertiary/aromatic N) is 3. The summed E-state index contributed by atoms with van der Waals surface area (Å²) in [6.45, 7) is 0.350. The molecule has 0 saturated carbocycles. The van der Waals surface area contributed by atoms with Gasteiger partial charge in [-0.2, -0.15) is 19.3 Å². The number of nitriles is 2. The first-order valence-corrected chi connectivity index (χ1v) is 7.48. The third-order valence-electron chi connectivity index (χ3n) is 3.61. The zero-order valence-electron chi connectivity index (χ0n) is 12.3. The molecule has 1 unspecified atom stereocenters. The topological polar surface area (TPSA) is 69.2 Å². The van der Waals surface area contributed by atoms with Gasteiger partial charge in [0.05, 0.1) is 29.3 Å². The molecular formula is C16H12BrF2N3O. The predicted molar refractivity (Wildman–Crippen MR) is 84.0 cm³/mol. The quantitative estimate of drug-likeness (QED) is 0.773. The average Bonchev–Trinajstić information content (AvgIpc) is 2.48. The van der Waals surface area contributed by atoms with E-state index >= 15 is 0 Å². The van der Waals surface area contributed by atoms with E-state index in [0.29, 0.717) is 21.4 Å². The van der Waals surface area contributed by atoms with Gasteiger partial charge in [0.1, 0.15) is 5.75 Å². The summed E-state index contributed by atoms with van der Waals surface area (Å²) in [4.78, 5) is 4.23. The molecule has 7 heteroatoms. The lowest BCUT2D eigenvalue weighted by Crippen LogP contribution is -2.25. The summed E-state index contributed by atoms with van der Waals surface area (Å²) >= 11 is 3.29. The van der Waals surface area contributed by atoms with Crippen molar-refractivity contribution in [3.8, 4) is 17.9 Å². The van der Waals surface area contributed by atoms with Crippen molar-refractivity contribution < 1.29 is 13.5 Å².